The summed E-state index contributed by atoms with van der Waals surface area (Å²) in [6, 6.07) is 15.7. The van der Waals surface area contributed by atoms with E-state index in [4.69, 9.17) is 9.47 Å². The monoisotopic (exact) mass is 436 g/mol. The molecule has 1 amide bonds. The number of hydrogen-bond acceptors (Lipinski definition) is 4. The average molecular weight is 437 g/mol. The van der Waals surface area contributed by atoms with Gasteiger partial charge in [-0.1, -0.05) is 31.9 Å². The number of methoxy groups -OCH3 is 1. The van der Waals surface area contributed by atoms with Crippen molar-refractivity contribution in [3.05, 3.63) is 54.1 Å². The second-order valence-electron chi connectivity index (χ2n) is 9.37. The van der Waals surface area contributed by atoms with Crippen LogP contribution in [0.1, 0.15) is 51.0 Å². The van der Waals surface area contributed by atoms with Gasteiger partial charge in [-0.05, 0) is 86.7 Å². The molecule has 5 nitrogen and oxygen atoms in total. The van der Waals surface area contributed by atoms with Gasteiger partial charge < -0.3 is 14.8 Å². The highest BCUT2D eigenvalue weighted by molar-refractivity contribution is 5.99. The largest absolute Gasteiger partial charge is 0.497 e. The summed E-state index contributed by atoms with van der Waals surface area (Å²) in [6.07, 6.45) is 6.46. The standard InChI is InChI=1S/C27H36N2O3/c1-21-13-17-29(18-14-21)19-20-32-25-11-7-23(8-12-25)28-26(30)27(15-3-4-16-27)22-5-9-24(31-2)10-6-22/h5-12,21H,3-4,13-20H2,1-2H3,(H,28,30). The van der Waals surface area contributed by atoms with E-state index in [-0.39, 0.29) is 5.91 Å². The molecule has 1 aliphatic heterocycles. The molecule has 1 saturated heterocycles. The van der Waals surface area contributed by atoms with Crippen molar-refractivity contribution in [2.75, 3.05) is 38.7 Å². The molecule has 1 aliphatic carbocycles. The summed E-state index contributed by atoms with van der Waals surface area (Å²) >= 11 is 0. The number of carbonyl (C=O) groups excluding carboxylic acids is 1. The first-order valence-corrected chi connectivity index (χ1v) is 12.0. The Balaban J connectivity index is 1.33. The predicted molar refractivity (Wildman–Crippen MR) is 129 cm³/mol. The summed E-state index contributed by atoms with van der Waals surface area (Å²) in [7, 11) is 1.66. The maximum absolute atomic E-state index is 13.4. The lowest BCUT2D eigenvalue weighted by molar-refractivity contribution is -0.121. The fourth-order valence-corrected chi connectivity index (χ4v) is 5.00. The van der Waals surface area contributed by atoms with E-state index in [1.54, 1.807) is 7.11 Å². The van der Waals surface area contributed by atoms with Gasteiger partial charge in [0, 0.05) is 12.2 Å². The molecule has 0 radical (unpaired) electrons. The van der Waals surface area contributed by atoms with E-state index in [1.165, 1.54) is 25.9 Å². The highest BCUT2D eigenvalue weighted by Gasteiger charge is 2.42. The molecule has 4 rings (SSSR count). The van der Waals surface area contributed by atoms with Crippen LogP contribution in [0.4, 0.5) is 5.69 Å². The van der Waals surface area contributed by atoms with Crippen molar-refractivity contribution >= 4 is 11.6 Å². The zero-order valence-electron chi connectivity index (χ0n) is 19.4. The fraction of sp³-hybridized carbons (Fsp3) is 0.519. The number of piperidine rings is 1. The van der Waals surface area contributed by atoms with Crippen molar-refractivity contribution in [1.82, 2.24) is 4.90 Å². The Morgan fingerprint density at radius 2 is 1.62 bits per heavy atom. The van der Waals surface area contributed by atoms with E-state index in [1.807, 2.05) is 48.5 Å². The predicted octanol–water partition coefficient (Wildman–Crippen LogP) is 5.26. The van der Waals surface area contributed by atoms with Gasteiger partial charge in [0.2, 0.25) is 5.91 Å². The van der Waals surface area contributed by atoms with E-state index in [0.717, 1.165) is 60.9 Å². The smallest absolute Gasteiger partial charge is 0.235 e. The second-order valence-corrected chi connectivity index (χ2v) is 9.37. The van der Waals surface area contributed by atoms with Gasteiger partial charge in [0.15, 0.2) is 0 Å². The van der Waals surface area contributed by atoms with Gasteiger partial charge in [-0.3, -0.25) is 9.69 Å². The van der Waals surface area contributed by atoms with Gasteiger partial charge in [0.25, 0.3) is 0 Å². The number of anilines is 1. The molecule has 0 atom stereocenters. The van der Waals surface area contributed by atoms with E-state index in [9.17, 15) is 4.79 Å². The quantitative estimate of drug-likeness (QED) is 0.614. The summed E-state index contributed by atoms with van der Waals surface area (Å²) in [4.78, 5) is 15.8. The SMILES string of the molecule is COc1ccc(C2(C(=O)Nc3ccc(OCCN4CCC(C)CC4)cc3)CCCC2)cc1. The molecule has 2 aromatic rings. The van der Waals surface area contributed by atoms with Crippen LogP contribution in [0.2, 0.25) is 0 Å². The molecule has 0 spiro atoms. The number of benzene rings is 2. The zero-order valence-corrected chi connectivity index (χ0v) is 19.4. The second kappa shape index (κ2) is 10.4. The van der Waals surface area contributed by atoms with Crippen LogP contribution in [0, 0.1) is 5.92 Å². The fourth-order valence-electron chi connectivity index (χ4n) is 5.00. The number of hydrogen-bond donors (Lipinski definition) is 1. The lowest BCUT2D eigenvalue weighted by Gasteiger charge is -2.30. The Labute approximate surface area is 192 Å². The average Bonchev–Trinajstić information content (AvgIpc) is 3.33. The molecular formula is C27H36N2O3. The number of nitrogens with zero attached hydrogens (tertiary/aromatic N) is 1. The zero-order chi connectivity index (χ0) is 22.4. The maximum atomic E-state index is 13.4. The van der Waals surface area contributed by atoms with Crippen LogP contribution in [-0.2, 0) is 10.2 Å². The molecule has 1 saturated carbocycles. The van der Waals surface area contributed by atoms with Crippen molar-refractivity contribution in [2.45, 2.75) is 50.9 Å². The van der Waals surface area contributed by atoms with Crippen LogP contribution in [0.15, 0.2) is 48.5 Å². The van der Waals surface area contributed by atoms with Gasteiger partial charge >= 0.3 is 0 Å². The molecule has 32 heavy (non-hydrogen) atoms. The van der Waals surface area contributed by atoms with Crippen LogP contribution in [0.25, 0.3) is 0 Å². The van der Waals surface area contributed by atoms with Gasteiger partial charge in [-0.2, -0.15) is 0 Å². The van der Waals surface area contributed by atoms with Gasteiger partial charge in [0.1, 0.15) is 18.1 Å². The molecule has 2 fully saturated rings. The van der Waals surface area contributed by atoms with E-state index >= 15 is 0 Å². The molecule has 0 bridgehead atoms. The summed E-state index contributed by atoms with van der Waals surface area (Å²) in [6.45, 7) is 6.34. The Morgan fingerprint density at radius 3 is 2.25 bits per heavy atom. The lowest BCUT2D eigenvalue weighted by atomic mass is 9.78. The number of ether oxygens (including phenoxy) is 2. The summed E-state index contributed by atoms with van der Waals surface area (Å²) in [5.74, 6) is 2.59. The summed E-state index contributed by atoms with van der Waals surface area (Å²) < 4.78 is 11.2. The van der Waals surface area contributed by atoms with Gasteiger partial charge in [0.05, 0.1) is 12.5 Å². The molecule has 0 unspecified atom stereocenters. The van der Waals surface area contributed by atoms with Crippen molar-refractivity contribution in [2.24, 2.45) is 5.92 Å². The Kier molecular flexibility index (Phi) is 7.36. The van der Waals surface area contributed by atoms with E-state index in [0.29, 0.717) is 6.61 Å². The molecule has 1 N–H and O–H groups in total. The topological polar surface area (TPSA) is 50.8 Å². The minimum atomic E-state index is -0.465. The van der Waals surface area contributed by atoms with Crippen LogP contribution in [-0.4, -0.2) is 44.2 Å². The Bertz CT molecular complexity index is 865. The van der Waals surface area contributed by atoms with Crippen molar-refractivity contribution in [3.8, 4) is 11.5 Å². The first kappa shape index (κ1) is 22.7. The van der Waals surface area contributed by atoms with Crippen LogP contribution >= 0.6 is 0 Å². The summed E-state index contributed by atoms with van der Waals surface area (Å²) in [5.41, 5.74) is 1.42. The maximum Gasteiger partial charge on any atom is 0.235 e. The van der Waals surface area contributed by atoms with Crippen LogP contribution in [0.5, 0.6) is 11.5 Å². The molecule has 2 aliphatic rings. The van der Waals surface area contributed by atoms with Crippen molar-refractivity contribution < 1.29 is 14.3 Å². The number of likely N-dealkylation sites (tertiary alicyclic amines) is 1. The van der Waals surface area contributed by atoms with Crippen molar-refractivity contribution in [1.29, 1.82) is 0 Å². The first-order chi connectivity index (χ1) is 15.6. The van der Waals surface area contributed by atoms with E-state index in [2.05, 4.69) is 17.1 Å². The molecule has 172 valence electrons. The normalized spacial score (nSPS) is 18.9. The molecule has 5 heteroatoms. The highest BCUT2D eigenvalue weighted by atomic mass is 16.5. The van der Waals surface area contributed by atoms with E-state index < -0.39 is 5.41 Å². The number of nitrogens with one attached hydrogen (secondary N) is 1. The molecular weight excluding hydrogens is 400 g/mol. The van der Waals surface area contributed by atoms with Crippen LogP contribution in [0.3, 0.4) is 0 Å². The minimum Gasteiger partial charge on any atom is -0.497 e. The first-order valence-electron chi connectivity index (χ1n) is 12.0. The Hall–Kier alpha value is -2.53. The third-order valence-corrected chi connectivity index (χ3v) is 7.20. The number of amides is 1. The van der Waals surface area contributed by atoms with Gasteiger partial charge in [-0.15, -0.1) is 0 Å². The van der Waals surface area contributed by atoms with Gasteiger partial charge in [-0.25, -0.2) is 0 Å². The minimum absolute atomic E-state index is 0.0770. The third-order valence-electron chi connectivity index (χ3n) is 7.20. The molecule has 1 heterocycles. The van der Waals surface area contributed by atoms with Crippen molar-refractivity contribution in [3.63, 3.8) is 0 Å². The Morgan fingerprint density at radius 1 is 1.00 bits per heavy atom. The molecule has 2 aromatic carbocycles. The number of rotatable bonds is 8. The number of carbonyl (C=O) groups is 1. The summed E-state index contributed by atoms with van der Waals surface area (Å²) in [5, 5.41) is 3.16. The third kappa shape index (κ3) is 5.26. The lowest BCUT2D eigenvalue weighted by Crippen LogP contribution is -2.37. The molecule has 0 aromatic heterocycles. The van der Waals surface area contributed by atoms with Crippen LogP contribution < -0.4 is 14.8 Å². The highest BCUT2D eigenvalue weighted by Crippen LogP contribution is 2.42.